The SMILES string of the molecule is CCCCCCCCCCCCCCCCCC(O)CCC#N. The van der Waals surface area contributed by atoms with E-state index in [1.54, 1.807) is 0 Å². The fourth-order valence-electron chi connectivity index (χ4n) is 3.13. The lowest BCUT2D eigenvalue weighted by Crippen LogP contribution is -2.05. The van der Waals surface area contributed by atoms with E-state index in [0.29, 0.717) is 12.8 Å². The van der Waals surface area contributed by atoms with Gasteiger partial charge in [0.05, 0.1) is 12.2 Å². The van der Waals surface area contributed by atoms with Gasteiger partial charge in [-0.25, -0.2) is 0 Å². The summed E-state index contributed by atoms with van der Waals surface area (Å²) < 4.78 is 0. The van der Waals surface area contributed by atoms with Gasteiger partial charge < -0.3 is 5.11 Å². The van der Waals surface area contributed by atoms with Crippen LogP contribution in [0.5, 0.6) is 0 Å². The third-order valence-electron chi connectivity index (χ3n) is 4.73. The molecule has 0 radical (unpaired) electrons. The minimum absolute atomic E-state index is 0.253. The van der Waals surface area contributed by atoms with Gasteiger partial charge in [0.15, 0.2) is 0 Å². The number of unbranched alkanes of at least 4 members (excludes halogenated alkanes) is 14. The van der Waals surface area contributed by atoms with Crippen molar-refractivity contribution in [2.75, 3.05) is 0 Å². The van der Waals surface area contributed by atoms with Crippen LogP contribution in [0.25, 0.3) is 0 Å². The maximum absolute atomic E-state index is 9.63. The topological polar surface area (TPSA) is 44.0 Å². The normalized spacial score (nSPS) is 12.2. The first-order chi connectivity index (χ1) is 11.3. The lowest BCUT2D eigenvalue weighted by Gasteiger charge is -2.07. The number of nitrogens with zero attached hydrogens (tertiary/aromatic N) is 1. The molecule has 2 nitrogen and oxygen atoms in total. The number of hydrogen-bond donors (Lipinski definition) is 1. The minimum atomic E-state index is -0.253. The van der Waals surface area contributed by atoms with Crippen molar-refractivity contribution in [3.63, 3.8) is 0 Å². The molecule has 2 heteroatoms. The van der Waals surface area contributed by atoms with E-state index in [2.05, 4.69) is 13.0 Å². The van der Waals surface area contributed by atoms with E-state index in [9.17, 15) is 5.11 Å². The van der Waals surface area contributed by atoms with Crippen LogP contribution in [0.15, 0.2) is 0 Å². The van der Waals surface area contributed by atoms with Gasteiger partial charge in [-0.1, -0.05) is 103 Å². The first-order valence-corrected chi connectivity index (χ1v) is 10.4. The van der Waals surface area contributed by atoms with Crippen molar-refractivity contribution >= 4 is 0 Å². The Morgan fingerprint density at radius 3 is 1.43 bits per heavy atom. The van der Waals surface area contributed by atoms with Gasteiger partial charge in [-0.05, 0) is 12.8 Å². The predicted octanol–water partition coefficient (Wildman–Crippen LogP) is 6.91. The Morgan fingerprint density at radius 2 is 1.04 bits per heavy atom. The summed E-state index contributed by atoms with van der Waals surface area (Å²) >= 11 is 0. The molecule has 0 aromatic carbocycles. The van der Waals surface area contributed by atoms with Crippen molar-refractivity contribution in [2.45, 2.75) is 129 Å². The Labute approximate surface area is 145 Å². The molecule has 0 amide bonds. The monoisotopic (exact) mass is 323 g/mol. The molecular formula is C21H41NO. The molecule has 0 aliphatic heterocycles. The first kappa shape index (κ1) is 22.4. The third-order valence-corrected chi connectivity index (χ3v) is 4.73. The summed E-state index contributed by atoms with van der Waals surface area (Å²) in [5, 5.41) is 18.1. The zero-order valence-electron chi connectivity index (χ0n) is 15.7. The molecule has 0 bridgehead atoms. The van der Waals surface area contributed by atoms with Crippen LogP contribution < -0.4 is 0 Å². The summed E-state index contributed by atoms with van der Waals surface area (Å²) in [5.41, 5.74) is 0. The maximum Gasteiger partial charge on any atom is 0.0622 e. The van der Waals surface area contributed by atoms with Crippen molar-refractivity contribution < 1.29 is 5.11 Å². The van der Waals surface area contributed by atoms with Crippen LogP contribution in [0.2, 0.25) is 0 Å². The standard InChI is InChI=1S/C21H41NO/c1-2-3-4-5-6-7-8-9-10-11-12-13-14-15-16-18-21(23)19-17-20-22/h21,23H,2-19H2,1H3. The lowest BCUT2D eigenvalue weighted by atomic mass is 10.0. The van der Waals surface area contributed by atoms with Gasteiger partial charge in [-0.2, -0.15) is 5.26 Å². The summed E-state index contributed by atoms with van der Waals surface area (Å²) in [7, 11) is 0. The van der Waals surface area contributed by atoms with Crippen molar-refractivity contribution in [1.82, 2.24) is 0 Å². The highest BCUT2D eigenvalue weighted by molar-refractivity contribution is 4.71. The smallest absolute Gasteiger partial charge is 0.0622 e. The molecule has 0 aliphatic carbocycles. The van der Waals surface area contributed by atoms with Crippen molar-refractivity contribution in [2.24, 2.45) is 0 Å². The molecule has 0 aromatic rings. The van der Waals surface area contributed by atoms with Crippen molar-refractivity contribution in [1.29, 1.82) is 5.26 Å². The molecule has 0 spiro atoms. The van der Waals surface area contributed by atoms with Gasteiger partial charge >= 0.3 is 0 Å². The molecule has 136 valence electrons. The fraction of sp³-hybridized carbons (Fsp3) is 0.952. The number of hydrogen-bond acceptors (Lipinski definition) is 2. The molecule has 0 aliphatic rings. The number of aliphatic hydroxyl groups is 1. The third kappa shape index (κ3) is 19.4. The Balaban J connectivity index is 3.04. The van der Waals surface area contributed by atoms with Crippen LogP contribution in [0, 0.1) is 11.3 Å². The molecule has 0 fully saturated rings. The van der Waals surface area contributed by atoms with E-state index in [1.807, 2.05) is 0 Å². The predicted molar refractivity (Wildman–Crippen MR) is 100 cm³/mol. The van der Waals surface area contributed by atoms with Crippen LogP contribution >= 0.6 is 0 Å². The summed E-state index contributed by atoms with van der Waals surface area (Å²) in [6, 6.07) is 2.09. The molecule has 0 saturated heterocycles. The maximum atomic E-state index is 9.63. The van der Waals surface area contributed by atoms with Crippen LogP contribution in [-0.2, 0) is 0 Å². The van der Waals surface area contributed by atoms with Gasteiger partial charge in [-0.15, -0.1) is 0 Å². The van der Waals surface area contributed by atoms with Gasteiger partial charge in [0.1, 0.15) is 0 Å². The molecule has 23 heavy (non-hydrogen) atoms. The van der Waals surface area contributed by atoms with Crippen LogP contribution in [0.3, 0.4) is 0 Å². The molecule has 0 heterocycles. The van der Waals surface area contributed by atoms with Crippen LogP contribution in [0.1, 0.15) is 122 Å². The summed E-state index contributed by atoms with van der Waals surface area (Å²) in [4.78, 5) is 0. The largest absolute Gasteiger partial charge is 0.393 e. The second kappa shape index (κ2) is 19.5. The quantitative estimate of drug-likeness (QED) is 0.278. The van der Waals surface area contributed by atoms with Crippen molar-refractivity contribution in [3.8, 4) is 6.07 Å². The molecule has 0 saturated carbocycles. The fourth-order valence-corrected chi connectivity index (χ4v) is 3.13. The molecule has 0 rings (SSSR count). The number of rotatable bonds is 18. The lowest BCUT2D eigenvalue weighted by molar-refractivity contribution is 0.152. The number of aliphatic hydroxyl groups excluding tert-OH is 1. The molecule has 1 N–H and O–H groups in total. The average Bonchev–Trinajstić information content (AvgIpc) is 2.56. The minimum Gasteiger partial charge on any atom is -0.393 e. The van der Waals surface area contributed by atoms with Gasteiger partial charge in [0.2, 0.25) is 0 Å². The summed E-state index contributed by atoms with van der Waals surface area (Å²) in [5.74, 6) is 0. The van der Waals surface area contributed by atoms with Crippen LogP contribution in [-0.4, -0.2) is 11.2 Å². The van der Waals surface area contributed by atoms with Gasteiger partial charge in [0, 0.05) is 6.42 Å². The van der Waals surface area contributed by atoms with Crippen LogP contribution in [0.4, 0.5) is 0 Å². The molecule has 1 atom stereocenters. The highest BCUT2D eigenvalue weighted by Crippen LogP contribution is 2.14. The van der Waals surface area contributed by atoms with E-state index in [0.717, 1.165) is 12.8 Å². The van der Waals surface area contributed by atoms with Gasteiger partial charge in [-0.3, -0.25) is 0 Å². The molecule has 0 aromatic heterocycles. The summed E-state index contributed by atoms with van der Waals surface area (Å²) in [6.07, 6.45) is 22.4. The highest BCUT2D eigenvalue weighted by atomic mass is 16.3. The zero-order chi connectivity index (χ0) is 17.0. The van der Waals surface area contributed by atoms with E-state index in [4.69, 9.17) is 5.26 Å². The molecule has 1 unspecified atom stereocenters. The Morgan fingerprint density at radius 1 is 0.652 bits per heavy atom. The summed E-state index contributed by atoms with van der Waals surface area (Å²) in [6.45, 7) is 2.28. The number of nitriles is 1. The first-order valence-electron chi connectivity index (χ1n) is 10.4. The van der Waals surface area contributed by atoms with E-state index in [1.165, 1.54) is 89.9 Å². The zero-order valence-corrected chi connectivity index (χ0v) is 15.7. The Hall–Kier alpha value is -0.550. The van der Waals surface area contributed by atoms with E-state index >= 15 is 0 Å². The average molecular weight is 324 g/mol. The Kier molecular flexibility index (Phi) is 19.0. The van der Waals surface area contributed by atoms with Crippen molar-refractivity contribution in [3.05, 3.63) is 0 Å². The second-order valence-corrected chi connectivity index (χ2v) is 7.09. The van der Waals surface area contributed by atoms with Gasteiger partial charge in [0.25, 0.3) is 0 Å². The van der Waals surface area contributed by atoms with E-state index in [-0.39, 0.29) is 6.10 Å². The highest BCUT2D eigenvalue weighted by Gasteiger charge is 2.02. The Bertz CT molecular complexity index is 259. The van der Waals surface area contributed by atoms with E-state index < -0.39 is 0 Å². The second-order valence-electron chi connectivity index (χ2n) is 7.09. The molecular weight excluding hydrogens is 282 g/mol.